The molecular formula is C22H26N4O4. The number of urea groups is 1. The Balaban J connectivity index is 1.25. The van der Waals surface area contributed by atoms with E-state index in [1.54, 1.807) is 24.3 Å². The molecule has 8 nitrogen and oxygen atoms in total. The lowest BCUT2D eigenvalue weighted by Gasteiger charge is -2.52. The van der Waals surface area contributed by atoms with Crippen LogP contribution in [0.2, 0.25) is 0 Å². The molecule has 8 heteroatoms. The Morgan fingerprint density at radius 3 is 2.67 bits per heavy atom. The number of hydrogen-bond acceptors (Lipinski definition) is 4. The third kappa shape index (κ3) is 3.24. The molecule has 0 aliphatic carbocycles. The molecule has 0 spiro atoms. The number of hydrogen-bond donors (Lipinski definition) is 1. The Hall–Kier alpha value is -2.90. The first-order chi connectivity index (χ1) is 14.5. The van der Waals surface area contributed by atoms with Gasteiger partial charge in [-0.15, -0.1) is 0 Å². The minimum Gasteiger partial charge on any atom is -0.342 e. The van der Waals surface area contributed by atoms with Gasteiger partial charge in [-0.2, -0.15) is 0 Å². The summed E-state index contributed by atoms with van der Waals surface area (Å²) in [7, 11) is 0. The maximum atomic E-state index is 13.0. The van der Waals surface area contributed by atoms with E-state index in [2.05, 4.69) is 5.32 Å². The second kappa shape index (κ2) is 7.41. The van der Waals surface area contributed by atoms with Crippen LogP contribution in [0, 0.1) is 11.8 Å². The number of para-hydroxylation sites is 1. The summed E-state index contributed by atoms with van der Waals surface area (Å²) in [6, 6.07) is 7.66. The Kier molecular flexibility index (Phi) is 4.72. The molecule has 4 aliphatic rings. The van der Waals surface area contributed by atoms with Crippen molar-refractivity contribution in [1.82, 2.24) is 15.1 Å². The third-order valence-electron chi connectivity index (χ3n) is 6.94. The molecule has 1 aromatic rings. The monoisotopic (exact) mass is 410 g/mol. The molecule has 158 valence electrons. The standard InChI is InChI=1S/C22H26N4O4/c27-19-8-4-7-18-15-9-14(12-25(18)19)11-24(13-15)20(28)10-17-21(29)26(22(30)23-17)16-5-2-1-3-6-16/h1-3,5-6,14-15,17-18H,4,7-13H2,(H,23,30)/t14-,15+,17+,18?/m1/s1. The number of likely N-dealkylation sites (tertiary alicyclic amines) is 1. The van der Waals surface area contributed by atoms with Crippen molar-refractivity contribution >= 4 is 29.4 Å². The second-order valence-electron chi connectivity index (χ2n) is 8.88. The molecule has 4 atom stereocenters. The van der Waals surface area contributed by atoms with Crippen LogP contribution in [-0.4, -0.2) is 65.3 Å². The van der Waals surface area contributed by atoms with Crippen LogP contribution >= 0.6 is 0 Å². The summed E-state index contributed by atoms with van der Waals surface area (Å²) in [5, 5.41) is 2.66. The molecule has 1 N–H and O–H groups in total. The molecule has 30 heavy (non-hydrogen) atoms. The van der Waals surface area contributed by atoms with Crippen molar-refractivity contribution in [2.45, 2.75) is 44.2 Å². The molecule has 4 saturated heterocycles. The average Bonchev–Trinajstić information content (AvgIpc) is 3.02. The maximum absolute atomic E-state index is 13.0. The number of nitrogens with zero attached hydrogens (tertiary/aromatic N) is 3. The fourth-order valence-electron chi connectivity index (χ4n) is 5.61. The smallest absolute Gasteiger partial charge is 0.329 e. The predicted octanol–water partition coefficient (Wildman–Crippen LogP) is 1.36. The van der Waals surface area contributed by atoms with Gasteiger partial charge in [-0.05, 0) is 43.2 Å². The fraction of sp³-hybridized carbons (Fsp3) is 0.545. The molecule has 0 saturated carbocycles. The van der Waals surface area contributed by atoms with E-state index in [1.807, 2.05) is 15.9 Å². The summed E-state index contributed by atoms with van der Waals surface area (Å²) in [5.74, 6) is 0.358. The van der Waals surface area contributed by atoms with Crippen molar-refractivity contribution in [3.8, 4) is 0 Å². The largest absolute Gasteiger partial charge is 0.342 e. The van der Waals surface area contributed by atoms with Crippen LogP contribution < -0.4 is 10.2 Å². The van der Waals surface area contributed by atoms with Crippen molar-refractivity contribution in [2.75, 3.05) is 24.5 Å². The highest BCUT2D eigenvalue weighted by Crippen LogP contribution is 2.38. The van der Waals surface area contributed by atoms with Gasteiger partial charge in [-0.1, -0.05) is 18.2 Å². The van der Waals surface area contributed by atoms with Gasteiger partial charge in [0.15, 0.2) is 0 Å². The van der Waals surface area contributed by atoms with E-state index in [9.17, 15) is 19.2 Å². The van der Waals surface area contributed by atoms with Crippen LogP contribution in [0.4, 0.5) is 10.5 Å². The van der Waals surface area contributed by atoms with Gasteiger partial charge < -0.3 is 15.1 Å². The normalized spacial score (nSPS) is 30.9. The first-order valence-electron chi connectivity index (χ1n) is 10.8. The van der Waals surface area contributed by atoms with Crippen molar-refractivity contribution in [2.24, 2.45) is 11.8 Å². The van der Waals surface area contributed by atoms with Crippen molar-refractivity contribution < 1.29 is 19.2 Å². The van der Waals surface area contributed by atoms with Gasteiger partial charge in [-0.25, -0.2) is 9.69 Å². The van der Waals surface area contributed by atoms with Gasteiger partial charge in [0.2, 0.25) is 11.8 Å². The zero-order valence-electron chi connectivity index (χ0n) is 16.8. The number of rotatable bonds is 3. The molecule has 5 amide bonds. The highest BCUT2D eigenvalue weighted by Gasteiger charge is 2.46. The summed E-state index contributed by atoms with van der Waals surface area (Å²) < 4.78 is 0. The van der Waals surface area contributed by atoms with Crippen LogP contribution in [0.3, 0.4) is 0 Å². The topological polar surface area (TPSA) is 90.0 Å². The Morgan fingerprint density at radius 1 is 1.07 bits per heavy atom. The Labute approximate surface area is 175 Å². The van der Waals surface area contributed by atoms with E-state index in [1.165, 1.54) is 0 Å². The van der Waals surface area contributed by atoms with E-state index in [0.29, 0.717) is 37.0 Å². The van der Waals surface area contributed by atoms with Gasteiger partial charge in [-0.3, -0.25) is 14.4 Å². The lowest BCUT2D eigenvalue weighted by molar-refractivity contribution is -0.149. The summed E-state index contributed by atoms with van der Waals surface area (Å²) >= 11 is 0. The molecule has 4 fully saturated rings. The van der Waals surface area contributed by atoms with Crippen LogP contribution in [-0.2, 0) is 14.4 Å². The minimum absolute atomic E-state index is 0.0271. The third-order valence-corrected chi connectivity index (χ3v) is 6.94. The summed E-state index contributed by atoms with van der Waals surface area (Å²) in [6.45, 7) is 1.97. The van der Waals surface area contributed by atoms with E-state index in [-0.39, 0.29) is 30.2 Å². The molecule has 5 rings (SSSR count). The number of amides is 5. The summed E-state index contributed by atoms with van der Waals surface area (Å²) in [4.78, 5) is 55.4. The number of nitrogens with one attached hydrogen (secondary N) is 1. The molecule has 4 aliphatic heterocycles. The molecule has 4 heterocycles. The van der Waals surface area contributed by atoms with Crippen molar-refractivity contribution in [1.29, 1.82) is 0 Å². The SMILES string of the molecule is O=C(C[C@@H]1NC(=O)N(c2ccccc2)C1=O)N1C[C@H]2C[C@@H](C1)C1CCCC(=O)N1C2. The number of piperidine rings is 3. The van der Waals surface area contributed by atoms with E-state index in [4.69, 9.17) is 0 Å². The molecule has 1 unspecified atom stereocenters. The van der Waals surface area contributed by atoms with Crippen LogP contribution in [0.5, 0.6) is 0 Å². The number of fused-ring (bicyclic) bond motifs is 4. The predicted molar refractivity (Wildman–Crippen MR) is 108 cm³/mol. The molecule has 0 aromatic heterocycles. The number of carbonyl (C=O) groups is 4. The highest BCUT2D eigenvalue weighted by atomic mass is 16.2. The quantitative estimate of drug-likeness (QED) is 0.762. The first kappa shape index (κ1) is 19.1. The molecule has 0 radical (unpaired) electrons. The van der Waals surface area contributed by atoms with Crippen LogP contribution in [0.25, 0.3) is 0 Å². The van der Waals surface area contributed by atoms with E-state index in [0.717, 1.165) is 30.7 Å². The average molecular weight is 410 g/mol. The van der Waals surface area contributed by atoms with Crippen LogP contribution in [0.15, 0.2) is 30.3 Å². The summed E-state index contributed by atoms with van der Waals surface area (Å²) in [6.07, 6.45) is 3.60. The molecule has 1 aromatic carbocycles. The maximum Gasteiger partial charge on any atom is 0.329 e. The van der Waals surface area contributed by atoms with Crippen LogP contribution in [0.1, 0.15) is 32.1 Å². The molecule has 2 bridgehead atoms. The molecular weight excluding hydrogens is 384 g/mol. The number of anilines is 1. The minimum atomic E-state index is -0.834. The van der Waals surface area contributed by atoms with Crippen molar-refractivity contribution in [3.05, 3.63) is 30.3 Å². The van der Waals surface area contributed by atoms with Gasteiger partial charge in [0.1, 0.15) is 6.04 Å². The van der Waals surface area contributed by atoms with Gasteiger partial charge >= 0.3 is 6.03 Å². The van der Waals surface area contributed by atoms with Gasteiger partial charge in [0, 0.05) is 32.1 Å². The lowest BCUT2D eigenvalue weighted by Crippen LogP contribution is -2.61. The number of benzene rings is 1. The second-order valence-corrected chi connectivity index (χ2v) is 8.88. The zero-order chi connectivity index (χ0) is 20.8. The van der Waals surface area contributed by atoms with Gasteiger partial charge in [0.05, 0.1) is 12.1 Å². The van der Waals surface area contributed by atoms with Crippen molar-refractivity contribution in [3.63, 3.8) is 0 Å². The highest BCUT2D eigenvalue weighted by molar-refractivity contribution is 6.22. The number of imide groups is 1. The number of carbonyl (C=O) groups excluding carboxylic acids is 4. The van der Waals surface area contributed by atoms with E-state index >= 15 is 0 Å². The van der Waals surface area contributed by atoms with Gasteiger partial charge in [0.25, 0.3) is 5.91 Å². The lowest BCUT2D eigenvalue weighted by atomic mass is 9.76. The Bertz CT molecular complexity index is 888. The first-order valence-corrected chi connectivity index (χ1v) is 10.8. The fourth-order valence-corrected chi connectivity index (χ4v) is 5.61. The Morgan fingerprint density at radius 2 is 1.87 bits per heavy atom. The van der Waals surface area contributed by atoms with E-state index < -0.39 is 12.1 Å². The zero-order valence-corrected chi connectivity index (χ0v) is 16.8. The summed E-state index contributed by atoms with van der Waals surface area (Å²) in [5.41, 5.74) is 0.504.